The first-order valence-corrected chi connectivity index (χ1v) is 7.36. The van der Waals surface area contributed by atoms with Gasteiger partial charge in [-0.1, -0.05) is 23.7 Å². The lowest BCUT2D eigenvalue weighted by Gasteiger charge is -2.10. The summed E-state index contributed by atoms with van der Waals surface area (Å²) in [5, 5.41) is 12.5. The SMILES string of the molecule is COc1cccc(/C=C(/C#N)C(=O)Nc2ccc(Cl)cc2)c1OC. The summed E-state index contributed by atoms with van der Waals surface area (Å²) in [6.45, 7) is 0. The summed E-state index contributed by atoms with van der Waals surface area (Å²) < 4.78 is 10.5. The van der Waals surface area contributed by atoms with Crippen molar-refractivity contribution in [1.82, 2.24) is 0 Å². The molecule has 2 aromatic rings. The minimum absolute atomic E-state index is 0.0588. The van der Waals surface area contributed by atoms with E-state index in [4.69, 9.17) is 21.1 Å². The summed E-state index contributed by atoms with van der Waals surface area (Å²) in [5.41, 5.74) is 1.05. The molecular formula is C18H15ClN2O3. The van der Waals surface area contributed by atoms with Crippen LogP contribution in [-0.4, -0.2) is 20.1 Å². The third-order valence-corrected chi connectivity index (χ3v) is 3.45. The van der Waals surface area contributed by atoms with Crippen LogP contribution in [0.25, 0.3) is 6.08 Å². The highest BCUT2D eigenvalue weighted by Crippen LogP contribution is 2.32. The number of nitriles is 1. The number of ether oxygens (including phenoxy) is 2. The van der Waals surface area contributed by atoms with Crippen molar-refractivity contribution in [2.75, 3.05) is 19.5 Å². The first-order chi connectivity index (χ1) is 11.6. The van der Waals surface area contributed by atoms with Crippen molar-refractivity contribution in [1.29, 1.82) is 5.26 Å². The normalized spacial score (nSPS) is 10.7. The van der Waals surface area contributed by atoms with Crippen LogP contribution in [0.3, 0.4) is 0 Å². The molecule has 2 aromatic carbocycles. The standard InChI is InChI=1S/C18H15ClN2O3/c1-23-16-5-3-4-12(17(16)24-2)10-13(11-20)18(22)21-15-8-6-14(19)7-9-15/h3-10H,1-2H3,(H,21,22)/b13-10-. The Labute approximate surface area is 145 Å². The van der Waals surface area contributed by atoms with Gasteiger partial charge in [0.05, 0.1) is 14.2 Å². The molecule has 0 aromatic heterocycles. The van der Waals surface area contributed by atoms with Crippen LogP contribution in [0.2, 0.25) is 5.02 Å². The minimum atomic E-state index is -0.523. The Morgan fingerprint density at radius 3 is 2.46 bits per heavy atom. The Kier molecular flexibility index (Phi) is 5.83. The van der Waals surface area contributed by atoms with Crippen molar-refractivity contribution in [3.63, 3.8) is 0 Å². The number of nitrogens with one attached hydrogen (secondary N) is 1. The van der Waals surface area contributed by atoms with Crippen molar-refractivity contribution >= 4 is 29.3 Å². The van der Waals surface area contributed by atoms with E-state index in [1.54, 1.807) is 42.5 Å². The van der Waals surface area contributed by atoms with Crippen LogP contribution in [0.1, 0.15) is 5.56 Å². The molecule has 5 nitrogen and oxygen atoms in total. The third-order valence-electron chi connectivity index (χ3n) is 3.20. The number of halogens is 1. The molecule has 0 saturated carbocycles. The summed E-state index contributed by atoms with van der Waals surface area (Å²) in [7, 11) is 3.01. The van der Waals surface area contributed by atoms with Crippen LogP contribution in [-0.2, 0) is 4.79 Å². The van der Waals surface area contributed by atoms with Crippen LogP contribution in [0.4, 0.5) is 5.69 Å². The van der Waals surface area contributed by atoms with Gasteiger partial charge in [-0.2, -0.15) is 5.26 Å². The second kappa shape index (κ2) is 8.04. The quantitative estimate of drug-likeness (QED) is 0.660. The highest BCUT2D eigenvalue weighted by Gasteiger charge is 2.13. The van der Waals surface area contributed by atoms with E-state index in [0.717, 1.165) is 0 Å². The molecule has 0 aliphatic rings. The molecule has 24 heavy (non-hydrogen) atoms. The molecule has 0 unspecified atom stereocenters. The van der Waals surface area contributed by atoms with E-state index in [-0.39, 0.29) is 5.57 Å². The average Bonchev–Trinajstić information content (AvgIpc) is 2.60. The Morgan fingerprint density at radius 1 is 1.17 bits per heavy atom. The summed E-state index contributed by atoms with van der Waals surface area (Å²) in [6.07, 6.45) is 1.45. The Balaban J connectivity index is 2.31. The van der Waals surface area contributed by atoms with Gasteiger partial charge in [0.1, 0.15) is 11.6 Å². The second-order valence-corrected chi connectivity index (χ2v) is 5.15. The summed E-state index contributed by atoms with van der Waals surface area (Å²) in [5.74, 6) is 0.443. The molecule has 0 fully saturated rings. The van der Waals surface area contributed by atoms with E-state index in [1.807, 2.05) is 6.07 Å². The maximum Gasteiger partial charge on any atom is 0.266 e. The molecular weight excluding hydrogens is 328 g/mol. The van der Waals surface area contributed by atoms with Crippen LogP contribution in [0, 0.1) is 11.3 Å². The summed E-state index contributed by atoms with van der Waals surface area (Å²) in [6, 6.07) is 13.7. The fourth-order valence-electron chi connectivity index (χ4n) is 2.06. The lowest BCUT2D eigenvalue weighted by molar-refractivity contribution is -0.112. The van der Waals surface area contributed by atoms with Gasteiger partial charge in [-0.3, -0.25) is 4.79 Å². The Morgan fingerprint density at radius 2 is 1.88 bits per heavy atom. The number of rotatable bonds is 5. The van der Waals surface area contributed by atoms with Gasteiger partial charge in [0.2, 0.25) is 0 Å². The van der Waals surface area contributed by atoms with Crippen molar-refractivity contribution in [3.05, 3.63) is 58.6 Å². The predicted molar refractivity (Wildman–Crippen MR) is 93.2 cm³/mol. The van der Waals surface area contributed by atoms with Crippen molar-refractivity contribution in [2.45, 2.75) is 0 Å². The van der Waals surface area contributed by atoms with Gasteiger partial charge < -0.3 is 14.8 Å². The number of amides is 1. The fraction of sp³-hybridized carbons (Fsp3) is 0.111. The largest absolute Gasteiger partial charge is 0.493 e. The maximum atomic E-state index is 12.3. The number of carbonyl (C=O) groups excluding carboxylic acids is 1. The van der Waals surface area contributed by atoms with E-state index in [1.165, 1.54) is 20.3 Å². The monoisotopic (exact) mass is 342 g/mol. The molecule has 0 spiro atoms. The van der Waals surface area contributed by atoms with Crippen molar-refractivity contribution in [3.8, 4) is 17.6 Å². The summed E-state index contributed by atoms with van der Waals surface area (Å²) in [4.78, 5) is 12.3. The van der Waals surface area contributed by atoms with Gasteiger partial charge in [0.15, 0.2) is 11.5 Å². The van der Waals surface area contributed by atoms with E-state index >= 15 is 0 Å². The number of carbonyl (C=O) groups is 1. The van der Waals surface area contributed by atoms with Gasteiger partial charge in [-0.25, -0.2) is 0 Å². The molecule has 122 valence electrons. The van der Waals surface area contributed by atoms with Gasteiger partial charge in [-0.05, 0) is 36.4 Å². The fourth-order valence-corrected chi connectivity index (χ4v) is 2.19. The van der Waals surface area contributed by atoms with Crippen LogP contribution in [0.15, 0.2) is 48.0 Å². The van der Waals surface area contributed by atoms with E-state index in [2.05, 4.69) is 5.32 Å². The number of methoxy groups -OCH3 is 2. The van der Waals surface area contributed by atoms with Gasteiger partial charge in [-0.15, -0.1) is 0 Å². The van der Waals surface area contributed by atoms with Crippen LogP contribution < -0.4 is 14.8 Å². The predicted octanol–water partition coefficient (Wildman–Crippen LogP) is 3.90. The zero-order valence-corrected chi connectivity index (χ0v) is 13.9. The van der Waals surface area contributed by atoms with Crippen LogP contribution in [0.5, 0.6) is 11.5 Å². The van der Waals surface area contributed by atoms with Gasteiger partial charge >= 0.3 is 0 Å². The zero-order chi connectivity index (χ0) is 17.5. The highest BCUT2D eigenvalue weighted by atomic mass is 35.5. The molecule has 0 aliphatic carbocycles. The maximum absolute atomic E-state index is 12.3. The lowest BCUT2D eigenvalue weighted by atomic mass is 10.1. The van der Waals surface area contributed by atoms with Crippen molar-refractivity contribution < 1.29 is 14.3 Å². The van der Waals surface area contributed by atoms with Gasteiger partial charge in [0, 0.05) is 16.3 Å². The van der Waals surface area contributed by atoms with E-state index in [9.17, 15) is 10.1 Å². The summed E-state index contributed by atoms with van der Waals surface area (Å²) >= 11 is 5.81. The first-order valence-electron chi connectivity index (χ1n) is 6.98. The molecule has 1 N–H and O–H groups in total. The lowest BCUT2D eigenvalue weighted by Crippen LogP contribution is -2.13. The van der Waals surface area contributed by atoms with Gasteiger partial charge in [0.25, 0.3) is 5.91 Å². The number of hydrogen-bond donors (Lipinski definition) is 1. The number of anilines is 1. The molecule has 1 amide bonds. The molecule has 2 rings (SSSR count). The molecule has 0 saturated heterocycles. The number of benzene rings is 2. The molecule has 0 atom stereocenters. The topological polar surface area (TPSA) is 71.3 Å². The molecule has 6 heteroatoms. The molecule has 0 heterocycles. The smallest absolute Gasteiger partial charge is 0.266 e. The number of para-hydroxylation sites is 1. The minimum Gasteiger partial charge on any atom is -0.493 e. The molecule has 0 radical (unpaired) electrons. The Hall–Kier alpha value is -2.97. The number of nitrogens with zero attached hydrogens (tertiary/aromatic N) is 1. The zero-order valence-electron chi connectivity index (χ0n) is 13.2. The second-order valence-electron chi connectivity index (χ2n) is 4.71. The molecule has 0 bridgehead atoms. The Bertz CT molecular complexity index is 808. The van der Waals surface area contributed by atoms with Crippen LogP contribution >= 0.6 is 11.6 Å². The van der Waals surface area contributed by atoms with Crippen molar-refractivity contribution in [2.24, 2.45) is 0 Å². The average molecular weight is 343 g/mol. The van der Waals surface area contributed by atoms with E-state index in [0.29, 0.717) is 27.8 Å². The van der Waals surface area contributed by atoms with E-state index < -0.39 is 5.91 Å². The molecule has 0 aliphatic heterocycles. The third kappa shape index (κ3) is 4.06. The number of hydrogen-bond acceptors (Lipinski definition) is 4. The first kappa shape index (κ1) is 17.4. The highest BCUT2D eigenvalue weighted by molar-refractivity contribution is 6.30.